The van der Waals surface area contributed by atoms with Gasteiger partial charge in [-0.1, -0.05) is 12.8 Å². The summed E-state index contributed by atoms with van der Waals surface area (Å²) in [6.45, 7) is 4.48. The van der Waals surface area contributed by atoms with E-state index in [-0.39, 0.29) is 5.41 Å². The maximum atomic E-state index is 9.89. The predicted molar refractivity (Wildman–Crippen MR) is 77.3 cm³/mol. The number of pyridine rings is 1. The topological polar surface area (TPSA) is 36.4 Å². The second kappa shape index (κ2) is 5.12. The van der Waals surface area contributed by atoms with Crippen LogP contribution in [0.25, 0.3) is 0 Å². The van der Waals surface area contributed by atoms with Crippen LogP contribution in [0, 0.1) is 18.3 Å². The van der Waals surface area contributed by atoms with E-state index < -0.39 is 0 Å². The smallest absolute Gasteiger partial charge is 0.128 e. The highest BCUT2D eigenvalue weighted by Gasteiger charge is 2.40. The van der Waals surface area contributed by atoms with Crippen molar-refractivity contribution in [2.45, 2.75) is 39.0 Å². The molecule has 1 aromatic rings. The lowest BCUT2D eigenvalue weighted by Gasteiger charge is -2.42. The van der Waals surface area contributed by atoms with Crippen LogP contribution in [0.5, 0.6) is 0 Å². The quantitative estimate of drug-likeness (QED) is 0.904. The molecule has 0 aromatic carbocycles. The molecule has 1 aliphatic carbocycles. The van der Waals surface area contributed by atoms with Crippen LogP contribution < -0.4 is 4.90 Å². The van der Waals surface area contributed by atoms with Crippen molar-refractivity contribution in [1.82, 2.24) is 4.98 Å². The lowest BCUT2D eigenvalue weighted by atomic mass is 9.76. The molecular weight excluding hydrogens is 236 g/mol. The number of piperidine rings is 1. The van der Waals surface area contributed by atoms with Crippen LogP contribution in [0.4, 0.5) is 5.82 Å². The van der Waals surface area contributed by atoms with Crippen molar-refractivity contribution >= 4 is 5.82 Å². The molecule has 1 atom stereocenters. The molecule has 1 saturated heterocycles. The third kappa shape index (κ3) is 2.92. The maximum absolute atomic E-state index is 9.89. The van der Waals surface area contributed by atoms with Crippen LogP contribution in [0.15, 0.2) is 18.3 Å². The third-order valence-corrected chi connectivity index (χ3v) is 4.64. The number of rotatable bonds is 4. The molecule has 104 valence electrons. The van der Waals surface area contributed by atoms with Crippen molar-refractivity contribution in [3.8, 4) is 0 Å². The Morgan fingerprint density at radius 1 is 1.47 bits per heavy atom. The summed E-state index contributed by atoms with van der Waals surface area (Å²) in [5.74, 6) is 1.95. The first kappa shape index (κ1) is 12.9. The van der Waals surface area contributed by atoms with Gasteiger partial charge in [-0.25, -0.2) is 4.98 Å². The Hall–Kier alpha value is -1.09. The van der Waals surface area contributed by atoms with Crippen LogP contribution in [-0.4, -0.2) is 29.8 Å². The molecule has 0 radical (unpaired) electrons. The summed E-state index contributed by atoms with van der Waals surface area (Å²) in [7, 11) is 0. The highest BCUT2D eigenvalue weighted by molar-refractivity contribution is 5.41. The lowest BCUT2D eigenvalue weighted by Crippen LogP contribution is -2.46. The Balaban J connectivity index is 1.75. The van der Waals surface area contributed by atoms with E-state index in [9.17, 15) is 5.11 Å². The van der Waals surface area contributed by atoms with E-state index in [1.165, 1.54) is 37.7 Å². The van der Waals surface area contributed by atoms with Gasteiger partial charge < -0.3 is 10.0 Å². The van der Waals surface area contributed by atoms with Crippen molar-refractivity contribution in [2.24, 2.45) is 11.3 Å². The number of aliphatic hydroxyl groups excluding tert-OH is 1. The number of hydrogen-bond donors (Lipinski definition) is 1. The fourth-order valence-corrected chi connectivity index (χ4v) is 3.39. The number of anilines is 1. The molecule has 19 heavy (non-hydrogen) atoms. The first-order chi connectivity index (χ1) is 9.21. The summed E-state index contributed by atoms with van der Waals surface area (Å²) in [5.41, 5.74) is 1.37. The second-order valence-corrected chi connectivity index (χ2v) is 6.52. The monoisotopic (exact) mass is 260 g/mol. The second-order valence-electron chi connectivity index (χ2n) is 6.52. The zero-order chi connectivity index (χ0) is 13.3. The molecule has 3 heteroatoms. The van der Waals surface area contributed by atoms with Gasteiger partial charge in [0.2, 0.25) is 0 Å². The number of hydrogen-bond acceptors (Lipinski definition) is 3. The van der Waals surface area contributed by atoms with Gasteiger partial charge in [0.05, 0.1) is 6.61 Å². The highest BCUT2D eigenvalue weighted by Crippen LogP contribution is 2.44. The normalized spacial score (nSPS) is 27.6. The summed E-state index contributed by atoms with van der Waals surface area (Å²) < 4.78 is 0. The van der Waals surface area contributed by atoms with Crippen LogP contribution in [0.1, 0.15) is 37.7 Å². The zero-order valence-electron chi connectivity index (χ0n) is 11.8. The number of aromatic nitrogens is 1. The van der Waals surface area contributed by atoms with Gasteiger partial charge in [0.15, 0.2) is 0 Å². The van der Waals surface area contributed by atoms with Gasteiger partial charge >= 0.3 is 0 Å². The van der Waals surface area contributed by atoms with Gasteiger partial charge in [-0.2, -0.15) is 0 Å². The van der Waals surface area contributed by atoms with Crippen LogP contribution in [-0.2, 0) is 0 Å². The minimum Gasteiger partial charge on any atom is -0.396 e. The fourth-order valence-electron chi connectivity index (χ4n) is 3.39. The van der Waals surface area contributed by atoms with Crippen molar-refractivity contribution in [2.75, 3.05) is 24.6 Å². The Morgan fingerprint density at radius 3 is 3.00 bits per heavy atom. The Bertz CT molecular complexity index is 444. The summed E-state index contributed by atoms with van der Waals surface area (Å²) in [4.78, 5) is 6.87. The number of aliphatic hydroxyl groups is 1. The van der Waals surface area contributed by atoms with Gasteiger partial charge in [0.25, 0.3) is 0 Å². The molecule has 1 aliphatic heterocycles. The van der Waals surface area contributed by atoms with E-state index >= 15 is 0 Å². The molecule has 0 bridgehead atoms. The molecule has 3 rings (SSSR count). The van der Waals surface area contributed by atoms with Gasteiger partial charge in [0, 0.05) is 24.7 Å². The summed E-state index contributed by atoms with van der Waals surface area (Å²) in [6, 6.07) is 4.20. The molecule has 3 nitrogen and oxygen atoms in total. The Kier molecular flexibility index (Phi) is 3.48. The molecular formula is C16H24N2O. The summed E-state index contributed by atoms with van der Waals surface area (Å²) in [6.07, 6.45) is 8.16. The van der Waals surface area contributed by atoms with Crippen LogP contribution in [0.2, 0.25) is 0 Å². The molecule has 0 amide bonds. The molecule has 2 aliphatic rings. The van der Waals surface area contributed by atoms with Gasteiger partial charge in [-0.05, 0) is 49.8 Å². The molecule has 0 spiro atoms. The first-order valence-electron chi connectivity index (χ1n) is 7.49. The van der Waals surface area contributed by atoms with Crippen molar-refractivity contribution in [3.05, 3.63) is 23.9 Å². The van der Waals surface area contributed by atoms with E-state index in [0.29, 0.717) is 6.61 Å². The molecule has 2 fully saturated rings. The maximum Gasteiger partial charge on any atom is 0.128 e. The molecule has 1 N–H and O–H groups in total. The Morgan fingerprint density at radius 2 is 2.32 bits per heavy atom. The average molecular weight is 260 g/mol. The molecule has 1 aromatic heterocycles. The Labute approximate surface area is 115 Å². The largest absolute Gasteiger partial charge is 0.396 e. The molecule has 1 saturated carbocycles. The van der Waals surface area contributed by atoms with E-state index in [2.05, 4.69) is 22.9 Å². The standard InChI is InChI=1S/C16H24N2O/c1-13-5-7-17-15(9-13)18-8-2-6-16(11-18,12-19)10-14-3-4-14/h5,7,9,14,19H,2-4,6,8,10-12H2,1H3/t16-/m0/s1. The van der Waals surface area contributed by atoms with Crippen molar-refractivity contribution in [3.63, 3.8) is 0 Å². The zero-order valence-corrected chi connectivity index (χ0v) is 11.8. The minimum atomic E-state index is 0.116. The van der Waals surface area contributed by atoms with Gasteiger partial charge in [0.1, 0.15) is 5.82 Å². The van der Waals surface area contributed by atoms with Crippen molar-refractivity contribution in [1.29, 1.82) is 0 Å². The van der Waals surface area contributed by atoms with Gasteiger partial charge in [-0.3, -0.25) is 0 Å². The average Bonchev–Trinajstić information content (AvgIpc) is 3.23. The third-order valence-electron chi connectivity index (χ3n) is 4.64. The van der Waals surface area contributed by atoms with Crippen LogP contribution in [0.3, 0.4) is 0 Å². The van der Waals surface area contributed by atoms with E-state index in [0.717, 1.165) is 24.8 Å². The van der Waals surface area contributed by atoms with Crippen molar-refractivity contribution < 1.29 is 5.11 Å². The highest BCUT2D eigenvalue weighted by atomic mass is 16.3. The SMILES string of the molecule is Cc1ccnc(N2CCC[C@](CO)(CC3CC3)C2)c1. The summed E-state index contributed by atoms with van der Waals surface area (Å²) >= 11 is 0. The predicted octanol–water partition coefficient (Wildman–Crippen LogP) is 2.77. The number of aryl methyl sites for hydroxylation is 1. The van der Waals surface area contributed by atoms with E-state index in [1.807, 2.05) is 12.3 Å². The minimum absolute atomic E-state index is 0.116. The van der Waals surface area contributed by atoms with Gasteiger partial charge in [-0.15, -0.1) is 0 Å². The lowest BCUT2D eigenvalue weighted by molar-refractivity contribution is 0.0901. The fraction of sp³-hybridized carbons (Fsp3) is 0.688. The molecule has 0 unspecified atom stereocenters. The summed E-state index contributed by atoms with van der Waals surface area (Å²) in [5, 5.41) is 9.89. The van der Waals surface area contributed by atoms with E-state index in [4.69, 9.17) is 0 Å². The molecule has 2 heterocycles. The van der Waals surface area contributed by atoms with Crippen LogP contribution >= 0.6 is 0 Å². The first-order valence-corrected chi connectivity index (χ1v) is 7.49. The van der Waals surface area contributed by atoms with E-state index in [1.54, 1.807) is 0 Å². The number of nitrogens with zero attached hydrogens (tertiary/aromatic N) is 2.